The number of Topliss-reactive ketones (excluding diaryl/α,β-unsaturated/α-hetero) is 1. The third-order valence-corrected chi connectivity index (χ3v) is 6.14. The van der Waals surface area contributed by atoms with Crippen LogP contribution in [-0.4, -0.2) is 48.7 Å². The van der Waals surface area contributed by atoms with Crippen LogP contribution in [0, 0.1) is 5.92 Å². The van der Waals surface area contributed by atoms with Gasteiger partial charge in [-0.05, 0) is 36.5 Å². The summed E-state index contributed by atoms with van der Waals surface area (Å²) in [4.78, 5) is 50.1. The minimum atomic E-state index is -0.905. The molecular formula is C26H34N2O7S. The van der Waals surface area contributed by atoms with E-state index in [4.69, 9.17) is 9.15 Å². The van der Waals surface area contributed by atoms with Gasteiger partial charge in [0.05, 0.1) is 30.9 Å². The molecule has 0 saturated carbocycles. The monoisotopic (exact) mass is 518 g/mol. The van der Waals surface area contributed by atoms with Crippen LogP contribution in [0.2, 0.25) is 0 Å². The first kappa shape index (κ1) is 29.0. The van der Waals surface area contributed by atoms with Crippen molar-refractivity contribution in [2.75, 3.05) is 12.9 Å². The van der Waals surface area contributed by atoms with Crippen LogP contribution in [0.25, 0.3) is 0 Å². The number of esters is 1. The van der Waals surface area contributed by atoms with Gasteiger partial charge >= 0.3 is 12.1 Å². The van der Waals surface area contributed by atoms with E-state index in [1.807, 2.05) is 50.2 Å². The van der Waals surface area contributed by atoms with Gasteiger partial charge in [0.25, 0.3) is 0 Å². The molecule has 0 aliphatic heterocycles. The fourth-order valence-electron chi connectivity index (χ4n) is 3.31. The van der Waals surface area contributed by atoms with Crippen molar-refractivity contribution in [1.29, 1.82) is 0 Å². The summed E-state index contributed by atoms with van der Waals surface area (Å²) in [5.74, 6) is 0.210. The van der Waals surface area contributed by atoms with Crippen LogP contribution in [0.15, 0.2) is 53.1 Å². The minimum Gasteiger partial charge on any atom is -0.469 e. The van der Waals surface area contributed by atoms with Crippen molar-refractivity contribution in [2.24, 2.45) is 5.92 Å². The number of nitrogens with one attached hydrogen (secondary N) is 2. The molecule has 36 heavy (non-hydrogen) atoms. The summed E-state index contributed by atoms with van der Waals surface area (Å²) in [5.41, 5.74) is 0.818. The van der Waals surface area contributed by atoms with Crippen molar-refractivity contribution < 1.29 is 33.1 Å². The molecule has 1 aromatic heterocycles. The van der Waals surface area contributed by atoms with Crippen LogP contribution in [0.4, 0.5) is 4.79 Å². The van der Waals surface area contributed by atoms with Gasteiger partial charge in [0, 0.05) is 6.42 Å². The van der Waals surface area contributed by atoms with Gasteiger partial charge in [-0.25, -0.2) is 4.79 Å². The standard InChI is InChI=1S/C26H34N2O7S/c1-18(2)14-22(28-26(32)35-15-19-8-5-4-6-9-19)25(31)27-21(11-12-24(30)33-3)23(29)17-36-16-20-10-7-13-34-20/h4-10,13,18,21-22H,11-12,14-17H2,1-3H3,(H,27,31)(H,28,32). The van der Waals surface area contributed by atoms with Crippen molar-refractivity contribution in [3.63, 3.8) is 0 Å². The second-order valence-corrected chi connectivity index (χ2v) is 9.59. The number of rotatable bonds is 15. The number of furan rings is 1. The highest BCUT2D eigenvalue weighted by molar-refractivity contribution is 7.99. The van der Waals surface area contributed by atoms with Gasteiger partial charge in [-0.15, -0.1) is 11.8 Å². The Hall–Kier alpha value is -3.27. The highest BCUT2D eigenvalue weighted by atomic mass is 32.2. The first-order valence-electron chi connectivity index (χ1n) is 11.8. The molecule has 0 aliphatic carbocycles. The molecule has 0 fully saturated rings. The molecule has 0 radical (unpaired) electrons. The van der Waals surface area contributed by atoms with Gasteiger partial charge in [-0.3, -0.25) is 14.4 Å². The summed E-state index contributed by atoms with van der Waals surface area (Å²) < 4.78 is 15.2. The largest absolute Gasteiger partial charge is 0.469 e. The zero-order valence-corrected chi connectivity index (χ0v) is 21.7. The molecule has 196 valence electrons. The maximum Gasteiger partial charge on any atom is 0.408 e. The lowest BCUT2D eigenvalue weighted by atomic mass is 10.0. The number of benzene rings is 1. The number of thioether (sulfide) groups is 1. The summed E-state index contributed by atoms with van der Waals surface area (Å²) in [6.07, 6.45) is 1.23. The minimum absolute atomic E-state index is 0.0303. The highest BCUT2D eigenvalue weighted by Crippen LogP contribution is 2.15. The van der Waals surface area contributed by atoms with E-state index in [0.717, 1.165) is 11.3 Å². The number of ketones is 1. The van der Waals surface area contributed by atoms with Gasteiger partial charge in [0.15, 0.2) is 5.78 Å². The molecule has 0 bridgehead atoms. The van der Waals surface area contributed by atoms with E-state index in [1.165, 1.54) is 18.9 Å². The van der Waals surface area contributed by atoms with Crippen LogP contribution in [-0.2, 0) is 36.2 Å². The summed E-state index contributed by atoms with van der Waals surface area (Å²) in [5, 5.41) is 5.33. The lowest BCUT2D eigenvalue weighted by molar-refractivity contribution is -0.141. The van der Waals surface area contributed by atoms with E-state index in [2.05, 4.69) is 15.4 Å². The smallest absolute Gasteiger partial charge is 0.408 e. The number of methoxy groups -OCH3 is 1. The molecule has 2 atom stereocenters. The Balaban J connectivity index is 1.98. The van der Waals surface area contributed by atoms with Gasteiger partial charge in [-0.2, -0.15) is 0 Å². The second-order valence-electron chi connectivity index (χ2n) is 8.60. The molecule has 2 aromatic rings. The number of carbonyl (C=O) groups excluding carboxylic acids is 4. The molecule has 0 saturated heterocycles. The van der Waals surface area contributed by atoms with E-state index in [1.54, 1.807) is 12.3 Å². The Morgan fingerprint density at radius 1 is 1.00 bits per heavy atom. The fraction of sp³-hybridized carbons (Fsp3) is 0.462. The topological polar surface area (TPSA) is 124 Å². The van der Waals surface area contributed by atoms with Crippen molar-refractivity contribution >= 4 is 35.5 Å². The molecule has 2 amide bonds. The SMILES string of the molecule is COC(=O)CCC(NC(=O)C(CC(C)C)NC(=O)OCc1ccccc1)C(=O)CSCc1ccco1. The Morgan fingerprint density at radius 2 is 1.75 bits per heavy atom. The summed E-state index contributed by atoms with van der Waals surface area (Å²) in [7, 11) is 1.26. The Bertz CT molecular complexity index is 964. The van der Waals surface area contributed by atoms with Crippen LogP contribution >= 0.6 is 11.8 Å². The lowest BCUT2D eigenvalue weighted by Gasteiger charge is -2.23. The molecule has 1 aromatic carbocycles. The molecule has 10 heteroatoms. The molecule has 2 rings (SSSR count). The van der Waals surface area contributed by atoms with E-state index in [9.17, 15) is 19.2 Å². The normalized spacial score (nSPS) is 12.4. The Morgan fingerprint density at radius 3 is 2.39 bits per heavy atom. The molecule has 0 aliphatic rings. The number of carbonyl (C=O) groups is 4. The van der Waals surface area contributed by atoms with Crippen molar-refractivity contribution in [2.45, 2.75) is 57.6 Å². The number of alkyl carbamates (subject to hydrolysis) is 1. The predicted octanol–water partition coefficient (Wildman–Crippen LogP) is 3.86. The number of hydrogen-bond acceptors (Lipinski definition) is 8. The predicted molar refractivity (Wildman–Crippen MR) is 136 cm³/mol. The maximum atomic E-state index is 13.1. The van der Waals surface area contributed by atoms with Gasteiger partial charge < -0.3 is 24.5 Å². The molecular weight excluding hydrogens is 484 g/mol. The van der Waals surface area contributed by atoms with Crippen LogP contribution in [0.1, 0.15) is 44.4 Å². The summed E-state index contributed by atoms with van der Waals surface area (Å²) in [6, 6.07) is 11.0. The number of ether oxygens (including phenoxy) is 2. The van der Waals surface area contributed by atoms with E-state index >= 15 is 0 Å². The lowest BCUT2D eigenvalue weighted by Crippen LogP contribution is -2.52. The molecule has 2 unspecified atom stereocenters. The Labute approximate surface area is 215 Å². The Kier molecular flexibility index (Phi) is 12.6. The van der Waals surface area contributed by atoms with E-state index in [0.29, 0.717) is 12.2 Å². The summed E-state index contributed by atoms with van der Waals surface area (Å²) in [6.45, 7) is 3.90. The molecule has 0 spiro atoms. The van der Waals surface area contributed by atoms with Crippen LogP contribution < -0.4 is 10.6 Å². The molecule has 9 nitrogen and oxygen atoms in total. The quantitative estimate of drug-likeness (QED) is 0.341. The first-order valence-corrected chi connectivity index (χ1v) is 12.9. The highest BCUT2D eigenvalue weighted by Gasteiger charge is 2.28. The number of amides is 2. The van der Waals surface area contributed by atoms with Gasteiger partial charge in [-0.1, -0.05) is 44.2 Å². The average molecular weight is 519 g/mol. The van der Waals surface area contributed by atoms with Crippen LogP contribution in [0.5, 0.6) is 0 Å². The fourth-order valence-corrected chi connectivity index (χ4v) is 4.18. The van der Waals surface area contributed by atoms with Crippen LogP contribution in [0.3, 0.4) is 0 Å². The third kappa shape index (κ3) is 11.0. The van der Waals surface area contributed by atoms with Gasteiger partial charge in [0.1, 0.15) is 18.4 Å². The number of hydrogen-bond donors (Lipinski definition) is 2. The van der Waals surface area contributed by atoms with E-state index < -0.39 is 30.1 Å². The van der Waals surface area contributed by atoms with Gasteiger partial charge in [0.2, 0.25) is 5.91 Å². The van der Waals surface area contributed by atoms with Crippen molar-refractivity contribution in [3.8, 4) is 0 Å². The zero-order valence-electron chi connectivity index (χ0n) is 20.9. The summed E-state index contributed by atoms with van der Waals surface area (Å²) >= 11 is 1.35. The first-order chi connectivity index (χ1) is 17.3. The molecule has 1 heterocycles. The zero-order chi connectivity index (χ0) is 26.3. The molecule has 2 N–H and O–H groups in total. The average Bonchev–Trinajstić information content (AvgIpc) is 3.38. The third-order valence-electron chi connectivity index (χ3n) is 5.17. The van der Waals surface area contributed by atoms with Crippen molar-refractivity contribution in [3.05, 3.63) is 60.1 Å². The maximum absolute atomic E-state index is 13.1. The van der Waals surface area contributed by atoms with E-state index in [-0.39, 0.29) is 36.9 Å². The second kappa shape index (κ2) is 15.7. The van der Waals surface area contributed by atoms with Crippen molar-refractivity contribution in [1.82, 2.24) is 10.6 Å².